The van der Waals surface area contributed by atoms with E-state index in [1.807, 2.05) is 19.1 Å². The lowest BCUT2D eigenvalue weighted by atomic mass is 9.82. The third-order valence-electron chi connectivity index (χ3n) is 5.55. The summed E-state index contributed by atoms with van der Waals surface area (Å²) in [4.78, 5) is 29.5. The number of nitrogens with zero attached hydrogens (tertiary/aromatic N) is 4. The highest BCUT2D eigenvalue weighted by Crippen LogP contribution is 2.37. The number of anilines is 1. The average molecular weight is 446 g/mol. The molecule has 3 atom stereocenters. The van der Waals surface area contributed by atoms with Crippen molar-refractivity contribution in [2.45, 2.75) is 25.9 Å². The van der Waals surface area contributed by atoms with Crippen LogP contribution >= 0.6 is 0 Å². The Morgan fingerprint density at radius 3 is 2.48 bits per heavy atom. The monoisotopic (exact) mass is 446 g/mol. The highest BCUT2D eigenvalue weighted by atomic mass is 19.4. The van der Waals surface area contributed by atoms with E-state index >= 15 is 0 Å². The van der Waals surface area contributed by atoms with Crippen LogP contribution in [0.15, 0.2) is 12.1 Å². The van der Waals surface area contributed by atoms with Crippen LogP contribution in [-0.4, -0.2) is 77.9 Å². The third-order valence-corrected chi connectivity index (χ3v) is 5.55. The number of carboxylic acid groups (broad SMARTS) is 1. The number of carbonyl (C=O) groups excluding carboxylic acids is 1. The molecule has 0 saturated carbocycles. The molecule has 1 aromatic rings. The smallest absolute Gasteiger partial charge is 0.475 e. The zero-order valence-electron chi connectivity index (χ0n) is 17.0. The van der Waals surface area contributed by atoms with E-state index in [2.05, 4.69) is 15.1 Å². The van der Waals surface area contributed by atoms with E-state index in [0.717, 1.165) is 37.4 Å². The molecule has 3 aliphatic heterocycles. The summed E-state index contributed by atoms with van der Waals surface area (Å²) >= 11 is 0. The highest BCUT2D eigenvalue weighted by Gasteiger charge is 2.46. The van der Waals surface area contributed by atoms with E-state index in [9.17, 15) is 18.0 Å². The van der Waals surface area contributed by atoms with Crippen molar-refractivity contribution in [1.29, 1.82) is 0 Å². The summed E-state index contributed by atoms with van der Waals surface area (Å²) in [7, 11) is 0. The topological polar surface area (TPSA) is 105 Å². The first-order valence-corrected chi connectivity index (χ1v) is 10.0. The molecule has 4 rings (SSSR count). The van der Waals surface area contributed by atoms with Gasteiger partial charge in [0.15, 0.2) is 5.82 Å². The number of ether oxygens (including phenoxy) is 1. The molecule has 0 aromatic carbocycles. The number of carbonyl (C=O) groups is 2. The number of carboxylic acids is 1. The summed E-state index contributed by atoms with van der Waals surface area (Å²) in [6, 6.07) is 3.98. The molecule has 0 spiro atoms. The minimum atomic E-state index is -5.08. The molecule has 3 aliphatic rings. The zero-order chi connectivity index (χ0) is 22.6. The molecule has 1 N–H and O–H groups in total. The number of aryl methyl sites for hydroxylation is 1. The molecule has 4 heterocycles. The predicted molar refractivity (Wildman–Crippen MR) is 101 cm³/mol. The molecule has 1 amide bonds. The zero-order valence-corrected chi connectivity index (χ0v) is 17.0. The Bertz CT molecular complexity index is 771. The van der Waals surface area contributed by atoms with Crippen LogP contribution in [0.5, 0.6) is 0 Å². The van der Waals surface area contributed by atoms with Gasteiger partial charge in [-0.25, -0.2) is 9.86 Å². The van der Waals surface area contributed by atoms with E-state index in [1.165, 1.54) is 0 Å². The van der Waals surface area contributed by atoms with Gasteiger partial charge in [-0.3, -0.25) is 9.63 Å². The molecule has 0 radical (unpaired) electrons. The highest BCUT2D eigenvalue weighted by molar-refractivity contribution is 5.78. The molecule has 0 bridgehead atoms. The first kappa shape index (κ1) is 23.2. The standard InChI is InChI=1S/C17H24N4O3.C2HF3O2/c1-12-4-5-16(19-18-12)20-8-13-10-23-11-15(14(13)9-20)17(22)21-6-2-3-7-24-21;3-2(4,5)1(6)7/h4-5,13-15H,2-3,6-11H2,1H3;(H,6,7)/t13-,14-,15+;/m1./s1. The second-order valence-corrected chi connectivity index (χ2v) is 7.79. The van der Waals surface area contributed by atoms with Gasteiger partial charge in [-0.15, -0.1) is 5.10 Å². The lowest BCUT2D eigenvalue weighted by Crippen LogP contribution is -2.47. The fourth-order valence-corrected chi connectivity index (χ4v) is 3.96. The Balaban J connectivity index is 0.000000339. The van der Waals surface area contributed by atoms with Crippen LogP contribution in [-0.2, 0) is 19.2 Å². The van der Waals surface area contributed by atoms with Gasteiger partial charge in [0.1, 0.15) is 0 Å². The van der Waals surface area contributed by atoms with Gasteiger partial charge in [0.2, 0.25) is 0 Å². The number of fused-ring (bicyclic) bond motifs is 1. The molecule has 0 aliphatic carbocycles. The molecule has 0 unspecified atom stereocenters. The van der Waals surface area contributed by atoms with Crippen molar-refractivity contribution in [3.8, 4) is 0 Å². The lowest BCUT2D eigenvalue weighted by Gasteiger charge is -2.36. The van der Waals surface area contributed by atoms with Crippen LogP contribution in [0.4, 0.5) is 19.0 Å². The Hall–Kier alpha value is -2.47. The van der Waals surface area contributed by atoms with Gasteiger partial charge in [-0.05, 0) is 37.8 Å². The number of hydrogen-bond acceptors (Lipinski definition) is 7. The minimum absolute atomic E-state index is 0.0845. The Labute approximate surface area is 177 Å². The summed E-state index contributed by atoms with van der Waals surface area (Å²) in [6.45, 7) is 6.17. The Kier molecular flexibility index (Phi) is 7.31. The quantitative estimate of drug-likeness (QED) is 0.732. The first-order valence-electron chi connectivity index (χ1n) is 10.0. The summed E-state index contributed by atoms with van der Waals surface area (Å²) < 4.78 is 37.5. The van der Waals surface area contributed by atoms with E-state index in [4.69, 9.17) is 19.5 Å². The molecule has 12 heteroatoms. The van der Waals surface area contributed by atoms with Crippen molar-refractivity contribution in [2.24, 2.45) is 17.8 Å². The Morgan fingerprint density at radius 2 is 1.90 bits per heavy atom. The van der Waals surface area contributed by atoms with Gasteiger partial charge in [-0.1, -0.05) is 0 Å². The summed E-state index contributed by atoms with van der Waals surface area (Å²) in [5.41, 5.74) is 0.911. The number of aromatic nitrogens is 2. The SMILES string of the molecule is Cc1ccc(N2C[C@@H]3COC[C@H](C(=O)N4CCCCO4)[C@@H]3C2)nn1.O=C(O)C(F)(F)F. The van der Waals surface area contributed by atoms with E-state index in [-0.39, 0.29) is 11.8 Å². The lowest BCUT2D eigenvalue weighted by molar-refractivity contribution is -0.207. The van der Waals surface area contributed by atoms with Crippen molar-refractivity contribution in [3.63, 3.8) is 0 Å². The Morgan fingerprint density at radius 1 is 1.16 bits per heavy atom. The fraction of sp³-hybridized carbons (Fsp3) is 0.684. The van der Waals surface area contributed by atoms with Crippen LogP contribution in [0.2, 0.25) is 0 Å². The number of halogens is 3. The maximum absolute atomic E-state index is 12.9. The van der Waals surface area contributed by atoms with Gasteiger partial charge in [-0.2, -0.15) is 18.3 Å². The maximum Gasteiger partial charge on any atom is 0.490 e. The summed E-state index contributed by atoms with van der Waals surface area (Å²) in [6.07, 6.45) is -3.05. The van der Waals surface area contributed by atoms with Crippen molar-refractivity contribution < 1.29 is 37.4 Å². The first-order chi connectivity index (χ1) is 14.7. The van der Waals surface area contributed by atoms with Crippen molar-refractivity contribution >= 4 is 17.7 Å². The molecular formula is C19H25F3N4O5. The second kappa shape index (κ2) is 9.77. The predicted octanol–water partition coefficient (Wildman–Crippen LogP) is 1.67. The second-order valence-electron chi connectivity index (χ2n) is 7.79. The molecule has 3 saturated heterocycles. The number of aliphatic carboxylic acids is 1. The van der Waals surface area contributed by atoms with Crippen LogP contribution in [0.3, 0.4) is 0 Å². The van der Waals surface area contributed by atoms with Gasteiger partial charge >= 0.3 is 12.1 Å². The van der Waals surface area contributed by atoms with Crippen LogP contribution in [0.25, 0.3) is 0 Å². The fourth-order valence-electron chi connectivity index (χ4n) is 3.96. The van der Waals surface area contributed by atoms with E-state index in [1.54, 1.807) is 5.06 Å². The van der Waals surface area contributed by atoms with Gasteiger partial charge in [0.05, 0.1) is 31.4 Å². The molecule has 1 aromatic heterocycles. The van der Waals surface area contributed by atoms with Crippen molar-refractivity contribution in [3.05, 3.63) is 17.8 Å². The number of amides is 1. The van der Waals surface area contributed by atoms with Gasteiger partial charge < -0.3 is 14.7 Å². The molecule has 31 heavy (non-hydrogen) atoms. The maximum atomic E-state index is 12.9. The normalized spacial score (nSPS) is 26.0. The number of hydrogen-bond donors (Lipinski definition) is 1. The third kappa shape index (κ3) is 5.82. The van der Waals surface area contributed by atoms with E-state index in [0.29, 0.717) is 38.2 Å². The van der Waals surface area contributed by atoms with Crippen LogP contribution in [0.1, 0.15) is 18.5 Å². The summed E-state index contributed by atoms with van der Waals surface area (Å²) in [5.74, 6) is -1.25. The van der Waals surface area contributed by atoms with Crippen molar-refractivity contribution in [1.82, 2.24) is 15.3 Å². The molecular weight excluding hydrogens is 421 g/mol. The number of rotatable bonds is 2. The molecule has 3 fully saturated rings. The molecule has 172 valence electrons. The molecule has 9 nitrogen and oxygen atoms in total. The van der Waals surface area contributed by atoms with Crippen LogP contribution in [0, 0.1) is 24.7 Å². The summed E-state index contributed by atoms with van der Waals surface area (Å²) in [5, 5.41) is 17.1. The van der Waals surface area contributed by atoms with Gasteiger partial charge in [0.25, 0.3) is 5.91 Å². The van der Waals surface area contributed by atoms with Gasteiger partial charge in [0, 0.05) is 25.6 Å². The minimum Gasteiger partial charge on any atom is -0.475 e. The largest absolute Gasteiger partial charge is 0.490 e. The van der Waals surface area contributed by atoms with Crippen molar-refractivity contribution in [2.75, 3.05) is 44.4 Å². The number of alkyl halides is 3. The van der Waals surface area contributed by atoms with E-state index < -0.39 is 12.1 Å². The van der Waals surface area contributed by atoms with Crippen LogP contribution < -0.4 is 4.90 Å². The number of hydroxylamine groups is 2. The average Bonchev–Trinajstić information content (AvgIpc) is 3.18.